The number of phenols is 1. The molecule has 0 bridgehead atoms. The van der Waals surface area contributed by atoms with E-state index in [9.17, 15) is 5.11 Å². The van der Waals surface area contributed by atoms with Crippen molar-refractivity contribution in [3.05, 3.63) is 29.8 Å². The van der Waals surface area contributed by atoms with E-state index >= 15 is 0 Å². The van der Waals surface area contributed by atoms with Crippen LogP contribution in [-0.4, -0.2) is 42.2 Å². The van der Waals surface area contributed by atoms with Crippen LogP contribution in [0.1, 0.15) is 24.8 Å². The Labute approximate surface area is 109 Å². The molecule has 2 saturated heterocycles. The average Bonchev–Trinajstić information content (AvgIpc) is 2.38. The predicted octanol–water partition coefficient (Wildman–Crippen LogP) is 1.79. The Morgan fingerprint density at radius 3 is 3.11 bits per heavy atom. The van der Waals surface area contributed by atoms with E-state index in [2.05, 4.69) is 23.2 Å². The Hall–Kier alpha value is -1.06. The van der Waals surface area contributed by atoms with Crippen molar-refractivity contribution in [1.82, 2.24) is 10.2 Å². The smallest absolute Gasteiger partial charge is 0.115 e. The summed E-state index contributed by atoms with van der Waals surface area (Å²) in [5.74, 6) is 1.64. The first-order valence-electron chi connectivity index (χ1n) is 6.98. The number of phenolic OH excluding ortho intramolecular Hbond substituents is 1. The minimum atomic E-state index is 0.392. The second-order valence-electron chi connectivity index (χ2n) is 5.77. The van der Waals surface area contributed by atoms with Gasteiger partial charge in [-0.3, -0.25) is 4.90 Å². The first-order chi connectivity index (χ1) is 8.74. The lowest BCUT2D eigenvalue weighted by Gasteiger charge is -2.46. The van der Waals surface area contributed by atoms with E-state index in [1.165, 1.54) is 25.1 Å². The lowest BCUT2D eigenvalue weighted by Crippen LogP contribution is -2.56. The van der Waals surface area contributed by atoms with Crippen molar-refractivity contribution >= 4 is 0 Å². The molecule has 3 heteroatoms. The van der Waals surface area contributed by atoms with Crippen LogP contribution in [-0.2, 0) is 0 Å². The molecule has 0 radical (unpaired) electrons. The highest BCUT2D eigenvalue weighted by Gasteiger charge is 2.35. The molecule has 18 heavy (non-hydrogen) atoms. The van der Waals surface area contributed by atoms with Gasteiger partial charge in [0, 0.05) is 32.2 Å². The van der Waals surface area contributed by atoms with Gasteiger partial charge in [0.25, 0.3) is 0 Å². The molecule has 2 N–H and O–H groups in total. The van der Waals surface area contributed by atoms with Crippen molar-refractivity contribution < 1.29 is 5.11 Å². The Balaban J connectivity index is 1.80. The molecule has 0 amide bonds. The zero-order valence-corrected chi connectivity index (χ0v) is 11.0. The van der Waals surface area contributed by atoms with Crippen LogP contribution in [0.2, 0.25) is 0 Å². The molecular formula is C15H22N2O. The van der Waals surface area contributed by atoms with Crippen LogP contribution in [0, 0.1) is 5.92 Å². The summed E-state index contributed by atoms with van der Waals surface area (Å²) < 4.78 is 0. The Kier molecular flexibility index (Phi) is 3.27. The lowest BCUT2D eigenvalue weighted by molar-refractivity contribution is 0.0763. The fraction of sp³-hybridized carbons (Fsp3) is 0.600. The van der Waals surface area contributed by atoms with Crippen LogP contribution in [0.3, 0.4) is 0 Å². The number of hydrogen-bond donors (Lipinski definition) is 2. The number of hydrogen-bond acceptors (Lipinski definition) is 3. The zero-order chi connectivity index (χ0) is 12.5. The summed E-state index contributed by atoms with van der Waals surface area (Å²) in [6, 6.07) is 8.48. The summed E-state index contributed by atoms with van der Waals surface area (Å²) in [5, 5.41) is 13.1. The topological polar surface area (TPSA) is 35.5 Å². The third-order valence-electron chi connectivity index (χ3n) is 4.51. The minimum Gasteiger partial charge on any atom is -0.508 e. The van der Waals surface area contributed by atoms with Crippen molar-refractivity contribution in [2.75, 3.05) is 26.2 Å². The van der Waals surface area contributed by atoms with Crippen molar-refractivity contribution in [3.63, 3.8) is 0 Å². The van der Waals surface area contributed by atoms with Crippen LogP contribution < -0.4 is 5.32 Å². The number of piperidine rings is 1. The number of benzene rings is 1. The molecule has 98 valence electrons. The monoisotopic (exact) mass is 246 g/mol. The molecule has 0 spiro atoms. The first-order valence-corrected chi connectivity index (χ1v) is 6.98. The minimum absolute atomic E-state index is 0.392. The largest absolute Gasteiger partial charge is 0.508 e. The summed E-state index contributed by atoms with van der Waals surface area (Å²) >= 11 is 0. The number of aromatic hydroxyl groups is 1. The van der Waals surface area contributed by atoms with Crippen LogP contribution in [0.25, 0.3) is 0 Å². The van der Waals surface area contributed by atoms with Gasteiger partial charge in [-0.15, -0.1) is 0 Å². The van der Waals surface area contributed by atoms with E-state index in [4.69, 9.17) is 0 Å². The van der Waals surface area contributed by atoms with Gasteiger partial charge in [-0.05, 0) is 36.0 Å². The maximum atomic E-state index is 9.64. The van der Waals surface area contributed by atoms with Gasteiger partial charge in [0.1, 0.15) is 5.75 Å². The second kappa shape index (κ2) is 4.90. The molecule has 0 aromatic heterocycles. The Bertz CT molecular complexity index is 421. The van der Waals surface area contributed by atoms with Gasteiger partial charge in [-0.2, -0.15) is 0 Å². The van der Waals surface area contributed by atoms with Gasteiger partial charge in [-0.25, -0.2) is 0 Å². The number of rotatable bonds is 1. The van der Waals surface area contributed by atoms with Crippen molar-refractivity contribution in [2.45, 2.75) is 25.3 Å². The number of nitrogens with zero attached hydrogens (tertiary/aromatic N) is 1. The third kappa shape index (κ3) is 2.25. The molecule has 3 nitrogen and oxygen atoms in total. The molecule has 0 aliphatic carbocycles. The van der Waals surface area contributed by atoms with E-state index < -0.39 is 0 Å². The quantitative estimate of drug-likeness (QED) is 0.793. The molecule has 0 saturated carbocycles. The maximum absolute atomic E-state index is 9.64. The highest BCUT2D eigenvalue weighted by Crippen LogP contribution is 2.37. The first kappa shape index (κ1) is 12.0. The van der Waals surface area contributed by atoms with Crippen LogP contribution in [0.15, 0.2) is 24.3 Å². The normalized spacial score (nSPS) is 33.1. The molecule has 2 aliphatic rings. The van der Waals surface area contributed by atoms with Crippen molar-refractivity contribution in [3.8, 4) is 5.75 Å². The summed E-state index contributed by atoms with van der Waals surface area (Å²) in [5.41, 5.74) is 1.30. The van der Waals surface area contributed by atoms with Crippen molar-refractivity contribution in [2.24, 2.45) is 5.92 Å². The molecule has 2 fully saturated rings. The van der Waals surface area contributed by atoms with Crippen LogP contribution in [0.4, 0.5) is 0 Å². The number of piperazine rings is 1. The molecule has 1 aromatic carbocycles. The fourth-order valence-corrected chi connectivity index (χ4v) is 3.52. The van der Waals surface area contributed by atoms with E-state index in [0.29, 0.717) is 23.6 Å². The maximum Gasteiger partial charge on any atom is 0.115 e. The third-order valence-corrected chi connectivity index (χ3v) is 4.51. The predicted molar refractivity (Wildman–Crippen MR) is 72.9 cm³/mol. The van der Waals surface area contributed by atoms with E-state index in [0.717, 1.165) is 13.1 Å². The Morgan fingerprint density at radius 1 is 1.39 bits per heavy atom. The van der Waals surface area contributed by atoms with Gasteiger partial charge in [0.05, 0.1) is 0 Å². The van der Waals surface area contributed by atoms with Crippen molar-refractivity contribution in [1.29, 1.82) is 0 Å². The standard InChI is InChI=1S/C15H22N2O/c1-11-10-17-6-5-16-9-13(17)8-15(11)12-3-2-4-14(18)7-12/h2-4,7,11,13,15-16,18H,5-6,8-10H2,1H3. The lowest BCUT2D eigenvalue weighted by atomic mass is 9.78. The van der Waals surface area contributed by atoms with Gasteiger partial charge in [-0.1, -0.05) is 19.1 Å². The average molecular weight is 246 g/mol. The van der Waals surface area contributed by atoms with Gasteiger partial charge in [0.2, 0.25) is 0 Å². The fourth-order valence-electron chi connectivity index (χ4n) is 3.52. The summed E-state index contributed by atoms with van der Waals surface area (Å²) in [6.07, 6.45) is 1.21. The zero-order valence-electron chi connectivity index (χ0n) is 11.0. The van der Waals surface area contributed by atoms with E-state index in [1.54, 1.807) is 6.07 Å². The molecule has 1 aromatic rings. The molecule has 2 heterocycles. The number of fused-ring (bicyclic) bond motifs is 1. The summed E-state index contributed by atoms with van der Waals surface area (Å²) in [4.78, 5) is 2.63. The second-order valence-corrected chi connectivity index (χ2v) is 5.77. The van der Waals surface area contributed by atoms with Gasteiger partial charge < -0.3 is 10.4 Å². The molecular weight excluding hydrogens is 224 g/mol. The highest BCUT2D eigenvalue weighted by atomic mass is 16.3. The molecule has 2 aliphatic heterocycles. The SMILES string of the molecule is CC1CN2CCNCC2CC1c1cccc(O)c1. The van der Waals surface area contributed by atoms with Gasteiger partial charge >= 0.3 is 0 Å². The molecule has 3 rings (SSSR count). The molecule has 3 unspecified atom stereocenters. The van der Waals surface area contributed by atoms with E-state index in [-0.39, 0.29) is 0 Å². The molecule has 3 atom stereocenters. The van der Waals surface area contributed by atoms with E-state index in [1.807, 2.05) is 12.1 Å². The highest BCUT2D eigenvalue weighted by molar-refractivity contribution is 5.30. The summed E-state index contributed by atoms with van der Waals surface area (Å²) in [7, 11) is 0. The summed E-state index contributed by atoms with van der Waals surface area (Å²) in [6.45, 7) is 6.95. The number of nitrogens with one attached hydrogen (secondary N) is 1. The van der Waals surface area contributed by atoms with Crippen LogP contribution >= 0.6 is 0 Å². The Morgan fingerprint density at radius 2 is 2.28 bits per heavy atom. The van der Waals surface area contributed by atoms with Gasteiger partial charge in [0.15, 0.2) is 0 Å². The van der Waals surface area contributed by atoms with Crippen LogP contribution in [0.5, 0.6) is 5.75 Å².